The van der Waals surface area contributed by atoms with Crippen LogP contribution in [0.1, 0.15) is 18.4 Å². The van der Waals surface area contributed by atoms with E-state index in [0.717, 1.165) is 37.8 Å². The molecule has 5 nitrogen and oxygen atoms in total. The second-order valence-electron chi connectivity index (χ2n) is 5.25. The molecule has 5 heteroatoms. The van der Waals surface area contributed by atoms with E-state index in [9.17, 15) is 9.59 Å². The fourth-order valence-electron chi connectivity index (χ4n) is 3.04. The van der Waals surface area contributed by atoms with Gasteiger partial charge in [0.2, 0.25) is 0 Å². The summed E-state index contributed by atoms with van der Waals surface area (Å²) in [7, 11) is 0. The summed E-state index contributed by atoms with van der Waals surface area (Å²) in [6.45, 7) is 2.72. The Kier molecular flexibility index (Phi) is 2.91. The Hall–Kier alpha value is -1.62. The van der Waals surface area contributed by atoms with Gasteiger partial charge in [0.1, 0.15) is 0 Å². The maximum absolute atomic E-state index is 11.6. The molecule has 18 heavy (non-hydrogen) atoms. The molecule has 1 aromatic heterocycles. The van der Waals surface area contributed by atoms with Crippen LogP contribution in [0.5, 0.6) is 0 Å². The third-order valence-corrected chi connectivity index (χ3v) is 3.99. The zero-order chi connectivity index (χ0) is 12.5. The molecule has 3 rings (SSSR count). The standard InChI is InChI=1S/C13H17N3O2/c17-12-11(5-14-13(18)15-12)8-16-6-9-3-1-2-4-10(9)7-16/h1-2,5,9-10H,3-4,6-8H2,(H2,14,15,17,18)/t9-,10+. The van der Waals surface area contributed by atoms with Crippen molar-refractivity contribution in [3.63, 3.8) is 0 Å². The van der Waals surface area contributed by atoms with Crippen LogP contribution in [0.2, 0.25) is 0 Å². The number of fused-ring (bicyclic) bond motifs is 1. The van der Waals surface area contributed by atoms with Gasteiger partial charge in [0.15, 0.2) is 0 Å². The van der Waals surface area contributed by atoms with Gasteiger partial charge in [-0.3, -0.25) is 14.7 Å². The van der Waals surface area contributed by atoms with Crippen molar-refractivity contribution in [2.24, 2.45) is 11.8 Å². The number of aromatic amines is 2. The monoisotopic (exact) mass is 247 g/mol. The molecular formula is C13H17N3O2. The largest absolute Gasteiger partial charge is 0.325 e. The van der Waals surface area contributed by atoms with Gasteiger partial charge in [0, 0.05) is 31.4 Å². The van der Waals surface area contributed by atoms with Crippen LogP contribution in [-0.4, -0.2) is 28.0 Å². The highest BCUT2D eigenvalue weighted by atomic mass is 16.2. The number of H-pyrrole nitrogens is 2. The van der Waals surface area contributed by atoms with Gasteiger partial charge in [-0.15, -0.1) is 0 Å². The topological polar surface area (TPSA) is 69.0 Å². The van der Waals surface area contributed by atoms with Crippen LogP contribution in [0.25, 0.3) is 0 Å². The number of hydrogen-bond acceptors (Lipinski definition) is 3. The summed E-state index contributed by atoms with van der Waals surface area (Å²) in [5.74, 6) is 1.47. The summed E-state index contributed by atoms with van der Waals surface area (Å²) in [4.78, 5) is 29.7. The predicted octanol–water partition coefficient (Wildman–Crippen LogP) is 0.461. The number of hydrogen-bond donors (Lipinski definition) is 2. The molecule has 1 fully saturated rings. The Balaban J connectivity index is 1.71. The lowest BCUT2D eigenvalue weighted by Crippen LogP contribution is -2.29. The Morgan fingerprint density at radius 1 is 1.17 bits per heavy atom. The Morgan fingerprint density at radius 2 is 1.83 bits per heavy atom. The van der Waals surface area contributed by atoms with E-state index < -0.39 is 5.69 Å². The van der Waals surface area contributed by atoms with Crippen LogP contribution in [0.4, 0.5) is 0 Å². The molecule has 0 aromatic carbocycles. The van der Waals surface area contributed by atoms with Gasteiger partial charge in [-0.1, -0.05) is 12.2 Å². The molecule has 2 aliphatic rings. The van der Waals surface area contributed by atoms with Crippen LogP contribution in [0.3, 0.4) is 0 Å². The van der Waals surface area contributed by atoms with E-state index in [-0.39, 0.29) is 5.56 Å². The van der Waals surface area contributed by atoms with Crippen molar-refractivity contribution in [1.82, 2.24) is 14.9 Å². The molecule has 0 bridgehead atoms. The minimum atomic E-state index is -0.442. The molecule has 0 saturated carbocycles. The van der Waals surface area contributed by atoms with Crippen LogP contribution in [-0.2, 0) is 6.54 Å². The van der Waals surface area contributed by atoms with Crippen molar-refractivity contribution >= 4 is 0 Å². The van der Waals surface area contributed by atoms with E-state index in [1.54, 1.807) is 0 Å². The quantitative estimate of drug-likeness (QED) is 0.746. The van der Waals surface area contributed by atoms with Gasteiger partial charge in [-0.2, -0.15) is 0 Å². The number of likely N-dealkylation sites (tertiary alicyclic amines) is 1. The van der Waals surface area contributed by atoms with Gasteiger partial charge < -0.3 is 4.98 Å². The summed E-state index contributed by atoms with van der Waals surface area (Å²) in [5, 5.41) is 0. The number of nitrogens with one attached hydrogen (secondary N) is 2. The zero-order valence-corrected chi connectivity index (χ0v) is 10.2. The van der Waals surface area contributed by atoms with Gasteiger partial charge in [0.05, 0.1) is 0 Å². The van der Waals surface area contributed by atoms with E-state index in [0.29, 0.717) is 12.1 Å². The van der Waals surface area contributed by atoms with Crippen molar-refractivity contribution in [3.05, 3.63) is 44.8 Å². The first kappa shape index (κ1) is 11.5. The Bertz CT molecular complexity index is 556. The molecule has 1 aromatic rings. The van der Waals surface area contributed by atoms with Crippen LogP contribution >= 0.6 is 0 Å². The van der Waals surface area contributed by atoms with Crippen molar-refractivity contribution in [3.8, 4) is 0 Å². The Morgan fingerprint density at radius 3 is 2.44 bits per heavy atom. The van der Waals surface area contributed by atoms with Crippen LogP contribution in [0, 0.1) is 11.8 Å². The van der Waals surface area contributed by atoms with E-state index in [1.165, 1.54) is 6.20 Å². The number of nitrogens with zero attached hydrogens (tertiary/aromatic N) is 1. The van der Waals surface area contributed by atoms with Crippen molar-refractivity contribution in [2.45, 2.75) is 19.4 Å². The molecule has 0 unspecified atom stereocenters. The summed E-state index contributed by atoms with van der Waals surface area (Å²) < 4.78 is 0. The zero-order valence-electron chi connectivity index (χ0n) is 10.2. The highest BCUT2D eigenvalue weighted by Gasteiger charge is 2.32. The fourth-order valence-corrected chi connectivity index (χ4v) is 3.04. The normalized spacial score (nSPS) is 27.3. The smallest absolute Gasteiger partial charge is 0.314 e. The maximum Gasteiger partial charge on any atom is 0.325 e. The van der Waals surface area contributed by atoms with Crippen molar-refractivity contribution in [2.75, 3.05) is 13.1 Å². The van der Waals surface area contributed by atoms with Crippen LogP contribution in [0.15, 0.2) is 27.9 Å². The van der Waals surface area contributed by atoms with Gasteiger partial charge in [-0.05, 0) is 24.7 Å². The predicted molar refractivity (Wildman–Crippen MR) is 68.3 cm³/mol. The van der Waals surface area contributed by atoms with Gasteiger partial charge in [-0.25, -0.2) is 4.79 Å². The molecular weight excluding hydrogens is 230 g/mol. The van der Waals surface area contributed by atoms with Gasteiger partial charge in [0.25, 0.3) is 5.56 Å². The van der Waals surface area contributed by atoms with E-state index in [2.05, 4.69) is 27.0 Å². The lowest BCUT2D eigenvalue weighted by Gasteiger charge is -2.18. The number of allylic oxidation sites excluding steroid dienone is 2. The molecule has 0 radical (unpaired) electrons. The second kappa shape index (κ2) is 4.57. The SMILES string of the molecule is O=c1[nH]cc(CN2C[C@H]3CC=CC[C@H]3C2)c(=O)[nH]1. The highest BCUT2D eigenvalue weighted by Crippen LogP contribution is 2.33. The molecule has 1 aliphatic heterocycles. The van der Waals surface area contributed by atoms with Crippen molar-refractivity contribution in [1.29, 1.82) is 0 Å². The van der Waals surface area contributed by atoms with Gasteiger partial charge >= 0.3 is 5.69 Å². The molecule has 0 amide bonds. The van der Waals surface area contributed by atoms with Crippen LogP contribution < -0.4 is 11.2 Å². The average molecular weight is 247 g/mol. The van der Waals surface area contributed by atoms with E-state index >= 15 is 0 Å². The van der Waals surface area contributed by atoms with E-state index in [4.69, 9.17) is 0 Å². The summed E-state index contributed by atoms with van der Waals surface area (Å²) in [6, 6.07) is 0. The first-order valence-corrected chi connectivity index (χ1v) is 6.40. The summed E-state index contributed by atoms with van der Waals surface area (Å²) in [6.07, 6.45) is 8.36. The molecule has 2 heterocycles. The number of aromatic nitrogens is 2. The maximum atomic E-state index is 11.6. The van der Waals surface area contributed by atoms with Crippen molar-refractivity contribution < 1.29 is 0 Å². The number of rotatable bonds is 2. The third kappa shape index (κ3) is 2.18. The summed E-state index contributed by atoms with van der Waals surface area (Å²) >= 11 is 0. The fraction of sp³-hybridized carbons (Fsp3) is 0.538. The molecule has 2 N–H and O–H groups in total. The second-order valence-corrected chi connectivity index (χ2v) is 5.25. The molecule has 2 atom stereocenters. The first-order chi connectivity index (χ1) is 8.72. The minimum absolute atomic E-state index is 0.272. The lowest BCUT2D eigenvalue weighted by atomic mass is 9.86. The summed E-state index contributed by atoms with van der Waals surface area (Å²) in [5.41, 5.74) is -0.0732. The first-order valence-electron chi connectivity index (χ1n) is 6.40. The minimum Gasteiger partial charge on any atom is -0.314 e. The molecule has 96 valence electrons. The highest BCUT2D eigenvalue weighted by molar-refractivity contribution is 5.05. The Labute approximate surface area is 105 Å². The molecule has 1 aliphatic carbocycles. The third-order valence-electron chi connectivity index (χ3n) is 3.99. The molecule has 1 saturated heterocycles. The molecule has 0 spiro atoms. The average Bonchev–Trinajstić information content (AvgIpc) is 2.75. The van der Waals surface area contributed by atoms with E-state index in [1.807, 2.05) is 0 Å². The lowest BCUT2D eigenvalue weighted by molar-refractivity contribution is 0.312.